The molecule has 3 aromatic heterocycles. The van der Waals surface area contributed by atoms with Gasteiger partial charge in [0.1, 0.15) is 5.69 Å². The number of halogens is 1. The number of carboxylic acids is 1. The first-order valence-electron chi connectivity index (χ1n) is 11.4. The van der Waals surface area contributed by atoms with Crippen molar-refractivity contribution in [1.29, 1.82) is 0 Å². The number of carboxylic acid groups (broad SMARTS) is 1. The van der Waals surface area contributed by atoms with Gasteiger partial charge in [-0.1, -0.05) is 23.4 Å². The quantitative estimate of drug-likeness (QED) is 0.251. The van der Waals surface area contributed by atoms with E-state index in [2.05, 4.69) is 25.3 Å². The lowest BCUT2D eigenvalue weighted by Gasteiger charge is -2.07. The van der Waals surface area contributed by atoms with Crippen molar-refractivity contribution in [3.63, 3.8) is 0 Å². The van der Waals surface area contributed by atoms with Gasteiger partial charge >= 0.3 is 17.7 Å². The molecule has 15 heteroatoms. The topological polar surface area (TPSA) is 197 Å². The molecule has 0 spiro atoms. The van der Waals surface area contributed by atoms with Crippen LogP contribution in [0.5, 0.6) is 0 Å². The van der Waals surface area contributed by atoms with Crippen molar-refractivity contribution in [1.82, 2.24) is 29.7 Å². The van der Waals surface area contributed by atoms with Crippen LogP contribution in [0.2, 0.25) is 0 Å². The number of hydrogen-bond donors (Lipinski definition) is 3. The number of nitrogens with one attached hydrogen (secondary N) is 1. The Bertz CT molecular complexity index is 1740. The molecule has 4 N–H and O–H groups in total. The van der Waals surface area contributed by atoms with Crippen LogP contribution in [0.25, 0.3) is 16.7 Å². The third-order valence-corrected chi connectivity index (χ3v) is 5.64. The summed E-state index contributed by atoms with van der Waals surface area (Å²) in [7, 11) is 2.97. The van der Waals surface area contributed by atoms with Crippen molar-refractivity contribution in [2.24, 2.45) is 12.8 Å². The first-order chi connectivity index (χ1) is 18.7. The van der Waals surface area contributed by atoms with Gasteiger partial charge < -0.3 is 25.3 Å². The molecule has 0 saturated heterocycles. The van der Waals surface area contributed by atoms with Crippen LogP contribution in [0.3, 0.4) is 0 Å². The molecule has 0 aliphatic rings. The van der Waals surface area contributed by atoms with Gasteiger partial charge in [-0.2, -0.15) is 4.52 Å². The normalized spacial score (nSPS) is 10.4. The van der Waals surface area contributed by atoms with Gasteiger partial charge in [-0.15, -0.1) is 17.5 Å². The number of aromatic nitrogens is 5. The van der Waals surface area contributed by atoms with E-state index in [9.17, 15) is 24.3 Å². The lowest BCUT2D eigenvalue weighted by Crippen LogP contribution is -2.25. The summed E-state index contributed by atoms with van der Waals surface area (Å²) in [4.78, 5) is 50.1. The molecule has 2 aromatic carbocycles. The highest BCUT2D eigenvalue weighted by molar-refractivity contribution is 5.96. The summed E-state index contributed by atoms with van der Waals surface area (Å²) in [5.41, 5.74) is 8.86. The largest absolute Gasteiger partial charge is 0.477 e. The zero-order chi connectivity index (χ0) is 28.1. The molecular weight excluding hydrogens is 546 g/mol. The molecule has 14 nitrogen and oxygen atoms in total. The Morgan fingerprint density at radius 3 is 2.45 bits per heavy atom. The molecule has 0 unspecified atom stereocenters. The molecule has 0 aliphatic heterocycles. The zero-order valence-corrected chi connectivity index (χ0v) is 22.0. The van der Waals surface area contributed by atoms with Crippen LogP contribution in [0, 0.1) is 0 Å². The van der Waals surface area contributed by atoms with E-state index in [-0.39, 0.29) is 41.7 Å². The number of nitrogens with zero attached hydrogens (tertiary/aromatic N) is 5. The second-order valence-corrected chi connectivity index (χ2v) is 8.14. The first-order valence-corrected chi connectivity index (χ1v) is 11.4. The fourth-order valence-corrected chi connectivity index (χ4v) is 3.54. The van der Waals surface area contributed by atoms with Crippen LogP contribution in [-0.4, -0.2) is 54.4 Å². The zero-order valence-electron chi connectivity index (χ0n) is 21.2. The molecule has 5 rings (SSSR count). The molecule has 40 heavy (non-hydrogen) atoms. The van der Waals surface area contributed by atoms with Gasteiger partial charge in [0.15, 0.2) is 16.9 Å². The summed E-state index contributed by atoms with van der Waals surface area (Å²) in [6.07, 6.45) is 1.26. The Labute approximate surface area is 231 Å². The van der Waals surface area contributed by atoms with Gasteiger partial charge in [-0.05, 0) is 35.4 Å². The van der Waals surface area contributed by atoms with Crippen molar-refractivity contribution in [3.8, 4) is 0 Å². The summed E-state index contributed by atoms with van der Waals surface area (Å²) in [6, 6.07) is 13.1. The van der Waals surface area contributed by atoms with Crippen molar-refractivity contribution in [2.75, 3.05) is 7.11 Å². The lowest BCUT2D eigenvalue weighted by atomic mass is 10.1. The van der Waals surface area contributed by atoms with Crippen molar-refractivity contribution >= 4 is 47.0 Å². The van der Waals surface area contributed by atoms with Crippen LogP contribution in [0.4, 0.5) is 0 Å². The van der Waals surface area contributed by atoms with Crippen LogP contribution in [-0.2, 0) is 24.9 Å². The molecule has 208 valence electrons. The van der Waals surface area contributed by atoms with E-state index in [0.29, 0.717) is 17.7 Å². The van der Waals surface area contributed by atoms with E-state index >= 15 is 0 Å². The van der Waals surface area contributed by atoms with Gasteiger partial charge in [-0.3, -0.25) is 9.36 Å². The van der Waals surface area contributed by atoms with Crippen molar-refractivity contribution in [3.05, 3.63) is 93.4 Å². The average Bonchev–Trinajstić information content (AvgIpc) is 3.54. The van der Waals surface area contributed by atoms with Crippen LogP contribution in [0.1, 0.15) is 42.5 Å². The van der Waals surface area contributed by atoms with Gasteiger partial charge in [0, 0.05) is 26.2 Å². The summed E-state index contributed by atoms with van der Waals surface area (Å²) in [5, 5.41) is 19.1. The maximum atomic E-state index is 12.3. The second kappa shape index (κ2) is 12.6. The molecule has 3 heterocycles. The maximum Gasteiger partial charge on any atom is 0.419 e. The minimum atomic E-state index is -1.25. The number of fused-ring (bicyclic) bond motifs is 2. The number of ether oxygens (including phenoxy) is 1. The average molecular weight is 570 g/mol. The van der Waals surface area contributed by atoms with Crippen LogP contribution >= 0.6 is 12.4 Å². The number of carbonyl (C=O) groups is 3. The summed E-state index contributed by atoms with van der Waals surface area (Å²) < 4.78 is 12.1. The Kier molecular flexibility index (Phi) is 9.32. The van der Waals surface area contributed by atoms with E-state index in [0.717, 1.165) is 27.2 Å². The molecule has 0 saturated carbocycles. The van der Waals surface area contributed by atoms with Crippen molar-refractivity contribution < 1.29 is 28.6 Å². The maximum absolute atomic E-state index is 12.3. The predicted octanol–water partition coefficient (Wildman–Crippen LogP) is 1.55. The number of hydrogen-bond acceptors (Lipinski definition) is 10. The number of oxazole rings is 1. The highest BCUT2D eigenvalue weighted by Crippen LogP contribution is 2.13. The third-order valence-electron chi connectivity index (χ3n) is 5.64. The number of aromatic carboxylic acids is 1. The summed E-state index contributed by atoms with van der Waals surface area (Å²) >= 11 is 0. The van der Waals surface area contributed by atoms with E-state index in [4.69, 9.17) is 10.2 Å². The number of benzene rings is 2. The Balaban J connectivity index is 0.000000264. The highest BCUT2D eigenvalue weighted by Gasteiger charge is 2.17. The number of nitrogens with two attached hydrogens (primary N) is 1. The first kappa shape index (κ1) is 29.5. The van der Waals surface area contributed by atoms with E-state index in [1.807, 2.05) is 12.1 Å². The lowest BCUT2D eigenvalue weighted by molar-refractivity contribution is 0.0599. The second-order valence-electron chi connectivity index (χ2n) is 8.14. The highest BCUT2D eigenvalue weighted by atomic mass is 35.5. The minimum absolute atomic E-state index is 0. The standard InChI is InChI=1S/C16H13N5O5.C9H10N2O2.ClH/c1-26-16(25)10-4-2-9(3-5-10)7-17-14(22)11-6-12(15(23)24)21-13(19-11)8-18-20-21;1-11-7-4-6(5-10)2-3-8(7)13-9(11)12;/h2-6,8H,7H2,1H3,(H,17,22)(H,23,24);2-4H,5,10H2,1H3;1H. The Morgan fingerprint density at radius 1 is 1.10 bits per heavy atom. The fourth-order valence-electron chi connectivity index (χ4n) is 3.54. The van der Waals surface area contributed by atoms with Gasteiger partial charge in [0.25, 0.3) is 5.91 Å². The Morgan fingerprint density at radius 2 is 1.80 bits per heavy atom. The van der Waals surface area contributed by atoms with Crippen LogP contribution in [0.15, 0.2) is 63.9 Å². The van der Waals surface area contributed by atoms with Gasteiger partial charge in [0.2, 0.25) is 0 Å². The summed E-state index contributed by atoms with van der Waals surface area (Å²) in [5.74, 6) is -2.60. The van der Waals surface area contributed by atoms with E-state index in [1.54, 1.807) is 37.4 Å². The minimum Gasteiger partial charge on any atom is -0.477 e. The molecule has 1 amide bonds. The number of esters is 1. The number of methoxy groups -OCH3 is 1. The smallest absolute Gasteiger partial charge is 0.419 e. The molecular formula is C25H24ClN7O7. The predicted molar refractivity (Wildman–Crippen MR) is 143 cm³/mol. The van der Waals surface area contributed by atoms with Crippen LogP contribution < -0.4 is 16.8 Å². The molecule has 0 radical (unpaired) electrons. The van der Waals surface area contributed by atoms with Gasteiger partial charge in [-0.25, -0.2) is 19.4 Å². The van der Waals surface area contributed by atoms with E-state index < -0.39 is 17.8 Å². The number of aryl methyl sites for hydroxylation is 1. The third kappa shape index (κ3) is 6.31. The molecule has 0 atom stereocenters. The van der Waals surface area contributed by atoms with E-state index in [1.165, 1.54) is 17.9 Å². The van der Waals surface area contributed by atoms with Crippen molar-refractivity contribution in [2.45, 2.75) is 13.1 Å². The number of carbonyl (C=O) groups excluding carboxylic acids is 2. The number of rotatable bonds is 6. The Hall–Kier alpha value is -5.08. The van der Waals surface area contributed by atoms with Gasteiger partial charge in [0.05, 0.1) is 24.4 Å². The summed E-state index contributed by atoms with van der Waals surface area (Å²) in [6.45, 7) is 0.641. The number of amides is 1. The SMILES string of the molecule is COC(=O)c1ccc(CNC(=O)c2cc(C(=O)O)n3nncc3n2)cc1.Cl.Cn1c(=O)oc2ccc(CN)cc21. The molecule has 0 fully saturated rings. The molecule has 5 aromatic rings. The monoisotopic (exact) mass is 569 g/mol. The molecule has 0 bridgehead atoms. The molecule has 0 aliphatic carbocycles. The fraction of sp³-hybridized carbons (Fsp3) is 0.160.